The fourth-order valence-corrected chi connectivity index (χ4v) is 2.83. The molecule has 7 heteroatoms. The van der Waals surface area contributed by atoms with Gasteiger partial charge in [0.15, 0.2) is 0 Å². The summed E-state index contributed by atoms with van der Waals surface area (Å²) in [6, 6.07) is 12.3. The molecule has 0 bridgehead atoms. The molecule has 3 amide bonds. The third-order valence-electron chi connectivity index (χ3n) is 4.31. The van der Waals surface area contributed by atoms with E-state index >= 15 is 0 Å². The molecular weight excluding hydrogens is 332 g/mol. The standard InChI is InChI=1S/C19H22N4O3/c1-14-4-3-5-17(20-14)21-19(25)23-12-10-22(11-13-23)18(24)15-6-8-16(26-2)9-7-15/h3-9H,10-13H2,1-2H3,(H,20,21,25). The summed E-state index contributed by atoms with van der Waals surface area (Å²) >= 11 is 0. The summed E-state index contributed by atoms with van der Waals surface area (Å²) in [7, 11) is 1.59. The van der Waals surface area contributed by atoms with Gasteiger partial charge in [-0.05, 0) is 43.3 Å². The van der Waals surface area contributed by atoms with Crippen molar-refractivity contribution in [2.45, 2.75) is 6.92 Å². The van der Waals surface area contributed by atoms with Gasteiger partial charge in [0.2, 0.25) is 0 Å². The van der Waals surface area contributed by atoms with Crippen LogP contribution < -0.4 is 10.1 Å². The van der Waals surface area contributed by atoms with Gasteiger partial charge >= 0.3 is 6.03 Å². The van der Waals surface area contributed by atoms with Crippen molar-refractivity contribution in [3.63, 3.8) is 0 Å². The maximum Gasteiger partial charge on any atom is 0.323 e. The third-order valence-corrected chi connectivity index (χ3v) is 4.31. The Labute approximate surface area is 152 Å². The minimum atomic E-state index is -0.195. The van der Waals surface area contributed by atoms with E-state index in [0.29, 0.717) is 43.3 Å². The zero-order valence-electron chi connectivity index (χ0n) is 14.9. The number of carbonyl (C=O) groups excluding carboxylic acids is 2. The summed E-state index contributed by atoms with van der Waals surface area (Å²) in [5.41, 5.74) is 1.46. The first-order valence-electron chi connectivity index (χ1n) is 8.50. The molecule has 0 saturated carbocycles. The predicted octanol–water partition coefficient (Wildman–Crippen LogP) is 2.39. The number of nitrogens with zero attached hydrogens (tertiary/aromatic N) is 3. The van der Waals surface area contributed by atoms with Crippen LogP contribution in [0.1, 0.15) is 16.1 Å². The molecule has 136 valence electrons. The highest BCUT2D eigenvalue weighted by atomic mass is 16.5. The molecule has 0 atom stereocenters. The highest BCUT2D eigenvalue weighted by Crippen LogP contribution is 2.15. The molecule has 7 nitrogen and oxygen atoms in total. The lowest BCUT2D eigenvalue weighted by molar-refractivity contribution is 0.0671. The van der Waals surface area contributed by atoms with Gasteiger partial charge in [0.05, 0.1) is 7.11 Å². The second-order valence-corrected chi connectivity index (χ2v) is 6.10. The van der Waals surface area contributed by atoms with E-state index in [2.05, 4.69) is 10.3 Å². The van der Waals surface area contributed by atoms with E-state index in [0.717, 1.165) is 5.69 Å². The van der Waals surface area contributed by atoms with Crippen LogP contribution >= 0.6 is 0 Å². The number of anilines is 1. The van der Waals surface area contributed by atoms with Gasteiger partial charge in [-0.1, -0.05) is 6.07 Å². The Hall–Kier alpha value is -3.09. The summed E-state index contributed by atoms with van der Waals surface area (Å²) in [6.07, 6.45) is 0. The number of carbonyl (C=O) groups is 2. The summed E-state index contributed by atoms with van der Waals surface area (Å²) < 4.78 is 5.11. The van der Waals surface area contributed by atoms with Crippen molar-refractivity contribution >= 4 is 17.8 Å². The fourth-order valence-electron chi connectivity index (χ4n) is 2.83. The molecule has 0 spiro atoms. The van der Waals surface area contributed by atoms with E-state index in [-0.39, 0.29) is 11.9 Å². The van der Waals surface area contributed by atoms with Crippen molar-refractivity contribution in [2.24, 2.45) is 0 Å². The molecule has 2 heterocycles. The zero-order chi connectivity index (χ0) is 18.5. The molecule has 1 saturated heterocycles. The Morgan fingerprint density at radius 3 is 2.27 bits per heavy atom. The number of hydrogen-bond acceptors (Lipinski definition) is 4. The number of methoxy groups -OCH3 is 1. The first kappa shape index (κ1) is 17.7. The van der Waals surface area contributed by atoms with E-state index < -0.39 is 0 Å². The average Bonchev–Trinajstić information content (AvgIpc) is 2.67. The topological polar surface area (TPSA) is 74.8 Å². The van der Waals surface area contributed by atoms with Crippen LogP contribution in [0.3, 0.4) is 0 Å². The maximum absolute atomic E-state index is 12.6. The predicted molar refractivity (Wildman–Crippen MR) is 98.5 cm³/mol. The fraction of sp³-hybridized carbons (Fsp3) is 0.316. The number of ether oxygens (including phenoxy) is 1. The smallest absolute Gasteiger partial charge is 0.323 e. The number of aromatic nitrogens is 1. The number of piperazine rings is 1. The number of pyridine rings is 1. The highest BCUT2D eigenvalue weighted by Gasteiger charge is 2.25. The van der Waals surface area contributed by atoms with Crippen LogP contribution in [-0.2, 0) is 0 Å². The number of rotatable bonds is 3. The van der Waals surface area contributed by atoms with E-state index in [1.807, 2.05) is 19.1 Å². The van der Waals surface area contributed by atoms with Crippen LogP contribution in [0.4, 0.5) is 10.6 Å². The Morgan fingerprint density at radius 1 is 1.00 bits per heavy atom. The molecule has 1 aliphatic rings. The van der Waals surface area contributed by atoms with Gasteiger partial charge < -0.3 is 14.5 Å². The van der Waals surface area contributed by atoms with Gasteiger partial charge in [-0.3, -0.25) is 10.1 Å². The van der Waals surface area contributed by atoms with Crippen molar-refractivity contribution in [2.75, 3.05) is 38.6 Å². The molecule has 1 aromatic carbocycles. The second kappa shape index (κ2) is 7.86. The lowest BCUT2D eigenvalue weighted by Gasteiger charge is -2.34. The number of amides is 3. The normalized spacial score (nSPS) is 14.1. The summed E-state index contributed by atoms with van der Waals surface area (Å²) in [5.74, 6) is 1.22. The van der Waals surface area contributed by atoms with Crippen LogP contribution in [0.25, 0.3) is 0 Å². The van der Waals surface area contributed by atoms with Crippen molar-refractivity contribution in [1.82, 2.24) is 14.8 Å². The quantitative estimate of drug-likeness (QED) is 0.918. The second-order valence-electron chi connectivity index (χ2n) is 6.10. The monoisotopic (exact) mass is 354 g/mol. The minimum Gasteiger partial charge on any atom is -0.497 e. The Kier molecular flexibility index (Phi) is 5.36. The summed E-state index contributed by atoms with van der Waals surface area (Å²) in [4.78, 5) is 32.6. The summed E-state index contributed by atoms with van der Waals surface area (Å²) in [6.45, 7) is 3.84. The lowest BCUT2D eigenvalue weighted by atomic mass is 10.1. The van der Waals surface area contributed by atoms with Gasteiger partial charge in [-0.25, -0.2) is 9.78 Å². The molecular formula is C19H22N4O3. The van der Waals surface area contributed by atoms with E-state index in [9.17, 15) is 9.59 Å². The number of urea groups is 1. The third kappa shape index (κ3) is 4.11. The van der Waals surface area contributed by atoms with Gasteiger partial charge in [0.25, 0.3) is 5.91 Å². The lowest BCUT2D eigenvalue weighted by Crippen LogP contribution is -2.51. The van der Waals surface area contributed by atoms with Crippen LogP contribution in [0.5, 0.6) is 5.75 Å². The Morgan fingerprint density at radius 2 is 1.65 bits per heavy atom. The molecule has 1 fully saturated rings. The molecule has 1 N–H and O–H groups in total. The van der Waals surface area contributed by atoms with Crippen molar-refractivity contribution in [3.8, 4) is 5.75 Å². The first-order chi connectivity index (χ1) is 12.6. The van der Waals surface area contributed by atoms with E-state index in [1.165, 1.54) is 0 Å². The van der Waals surface area contributed by atoms with Gasteiger partial charge in [0, 0.05) is 37.4 Å². The van der Waals surface area contributed by atoms with Crippen LogP contribution in [-0.4, -0.2) is 60.0 Å². The first-order valence-corrected chi connectivity index (χ1v) is 8.50. The molecule has 3 rings (SSSR count). The molecule has 2 aromatic rings. The average molecular weight is 354 g/mol. The van der Waals surface area contributed by atoms with Crippen molar-refractivity contribution in [1.29, 1.82) is 0 Å². The number of nitrogens with one attached hydrogen (secondary N) is 1. The van der Waals surface area contributed by atoms with E-state index in [4.69, 9.17) is 4.74 Å². The SMILES string of the molecule is COc1ccc(C(=O)N2CCN(C(=O)Nc3cccc(C)n3)CC2)cc1. The molecule has 1 aromatic heterocycles. The van der Waals surface area contributed by atoms with Crippen LogP contribution in [0.2, 0.25) is 0 Å². The Balaban J connectivity index is 1.54. The molecule has 26 heavy (non-hydrogen) atoms. The Bertz CT molecular complexity index is 784. The minimum absolute atomic E-state index is 0.0342. The molecule has 0 unspecified atom stereocenters. The van der Waals surface area contributed by atoms with E-state index in [1.54, 1.807) is 47.2 Å². The van der Waals surface area contributed by atoms with Crippen molar-refractivity contribution in [3.05, 3.63) is 53.7 Å². The molecule has 0 aliphatic carbocycles. The molecule has 0 radical (unpaired) electrons. The van der Waals surface area contributed by atoms with Gasteiger partial charge in [0.1, 0.15) is 11.6 Å². The van der Waals surface area contributed by atoms with Gasteiger partial charge in [-0.15, -0.1) is 0 Å². The maximum atomic E-state index is 12.6. The number of hydrogen-bond donors (Lipinski definition) is 1. The van der Waals surface area contributed by atoms with Crippen molar-refractivity contribution < 1.29 is 14.3 Å². The van der Waals surface area contributed by atoms with Gasteiger partial charge in [-0.2, -0.15) is 0 Å². The number of aryl methyl sites for hydroxylation is 1. The molecule has 1 aliphatic heterocycles. The number of benzene rings is 1. The highest BCUT2D eigenvalue weighted by molar-refractivity contribution is 5.94. The summed E-state index contributed by atoms with van der Waals surface area (Å²) in [5, 5.41) is 2.80. The zero-order valence-corrected chi connectivity index (χ0v) is 14.9. The largest absolute Gasteiger partial charge is 0.497 e. The van der Waals surface area contributed by atoms with Crippen LogP contribution in [0, 0.1) is 6.92 Å². The van der Waals surface area contributed by atoms with Crippen LogP contribution in [0.15, 0.2) is 42.5 Å².